The summed E-state index contributed by atoms with van der Waals surface area (Å²) in [6.07, 6.45) is 7.56. The van der Waals surface area contributed by atoms with Crippen LogP contribution in [0, 0.1) is 0 Å². The zero-order valence-electron chi connectivity index (χ0n) is 13.2. The van der Waals surface area contributed by atoms with Gasteiger partial charge < -0.3 is 14.8 Å². The first-order chi connectivity index (χ1) is 10.3. The van der Waals surface area contributed by atoms with E-state index < -0.39 is 0 Å². The van der Waals surface area contributed by atoms with Crippen LogP contribution in [0.3, 0.4) is 0 Å². The molecule has 1 N–H and O–H groups in total. The fourth-order valence-electron chi connectivity index (χ4n) is 3.15. The highest BCUT2D eigenvalue weighted by atomic mass is 16.5. The Morgan fingerprint density at radius 1 is 1.24 bits per heavy atom. The Morgan fingerprint density at radius 2 is 1.95 bits per heavy atom. The highest BCUT2D eigenvalue weighted by Gasteiger charge is 2.44. The molecule has 1 aromatic carbocycles. The summed E-state index contributed by atoms with van der Waals surface area (Å²) < 4.78 is 11.7. The monoisotopic (exact) mass is 289 g/mol. The van der Waals surface area contributed by atoms with Gasteiger partial charge in [0.25, 0.3) is 0 Å². The molecular formula is C18H27NO2. The van der Waals surface area contributed by atoms with Gasteiger partial charge in [0, 0.05) is 7.11 Å². The van der Waals surface area contributed by atoms with Crippen LogP contribution in [0.15, 0.2) is 24.3 Å². The van der Waals surface area contributed by atoms with E-state index in [-0.39, 0.29) is 11.6 Å². The van der Waals surface area contributed by atoms with E-state index in [0.29, 0.717) is 6.10 Å². The number of ether oxygens (including phenoxy) is 2. The number of nitrogens with one attached hydrogen (secondary N) is 1. The van der Waals surface area contributed by atoms with Gasteiger partial charge in [0.2, 0.25) is 0 Å². The zero-order valence-corrected chi connectivity index (χ0v) is 13.2. The Balaban J connectivity index is 1.74. The summed E-state index contributed by atoms with van der Waals surface area (Å²) in [5.41, 5.74) is 1.29. The summed E-state index contributed by atoms with van der Waals surface area (Å²) in [5.74, 6) is 0.996. The normalized spacial score (nSPS) is 21.6. The Morgan fingerprint density at radius 3 is 2.43 bits per heavy atom. The number of hydrogen-bond acceptors (Lipinski definition) is 3. The van der Waals surface area contributed by atoms with Gasteiger partial charge in [-0.3, -0.25) is 0 Å². The third kappa shape index (κ3) is 3.24. The maximum absolute atomic E-state index is 5.90. The maximum atomic E-state index is 5.90. The van der Waals surface area contributed by atoms with Gasteiger partial charge in [-0.25, -0.2) is 0 Å². The molecule has 1 aromatic rings. The summed E-state index contributed by atoms with van der Waals surface area (Å²) in [6, 6.07) is 8.90. The van der Waals surface area contributed by atoms with E-state index >= 15 is 0 Å². The van der Waals surface area contributed by atoms with Crippen molar-refractivity contribution in [3.05, 3.63) is 29.8 Å². The second-order valence-corrected chi connectivity index (χ2v) is 6.40. The molecule has 21 heavy (non-hydrogen) atoms. The van der Waals surface area contributed by atoms with Crippen molar-refractivity contribution in [2.45, 2.75) is 63.2 Å². The van der Waals surface area contributed by atoms with Crippen LogP contribution >= 0.6 is 0 Å². The van der Waals surface area contributed by atoms with Gasteiger partial charge in [-0.05, 0) is 62.8 Å². The van der Waals surface area contributed by atoms with E-state index in [1.165, 1.54) is 24.8 Å². The molecule has 2 aliphatic carbocycles. The SMILES string of the molecule is CCCNC(c1ccc(OC2CC2)cc1)C1(OC)CCC1. The fraction of sp³-hybridized carbons (Fsp3) is 0.667. The molecule has 2 aliphatic rings. The van der Waals surface area contributed by atoms with Gasteiger partial charge in [0.1, 0.15) is 5.75 Å². The molecule has 3 heteroatoms. The molecular weight excluding hydrogens is 262 g/mol. The molecule has 2 fully saturated rings. The Labute approximate surface area is 128 Å². The molecule has 3 rings (SSSR count). The maximum Gasteiger partial charge on any atom is 0.119 e. The molecule has 1 atom stereocenters. The van der Waals surface area contributed by atoms with Crippen LogP contribution in [-0.4, -0.2) is 25.4 Å². The molecule has 0 bridgehead atoms. The van der Waals surface area contributed by atoms with Crippen molar-refractivity contribution < 1.29 is 9.47 Å². The van der Waals surface area contributed by atoms with E-state index in [1.807, 2.05) is 7.11 Å². The standard InChI is InChI=1S/C18H27NO2/c1-3-13-19-17(18(20-2)11-4-12-18)14-5-7-15(8-6-14)21-16-9-10-16/h5-8,16-17,19H,3-4,9-13H2,1-2H3. The van der Waals surface area contributed by atoms with Gasteiger partial charge in [0.15, 0.2) is 0 Å². The molecule has 0 radical (unpaired) electrons. The van der Waals surface area contributed by atoms with Crippen molar-refractivity contribution in [3.8, 4) is 5.75 Å². The molecule has 0 spiro atoms. The number of methoxy groups -OCH3 is 1. The molecule has 0 saturated heterocycles. The first kappa shape index (κ1) is 14.9. The average molecular weight is 289 g/mol. The van der Waals surface area contributed by atoms with E-state index in [9.17, 15) is 0 Å². The minimum absolute atomic E-state index is 0.0198. The fourth-order valence-corrected chi connectivity index (χ4v) is 3.15. The molecule has 116 valence electrons. The van der Waals surface area contributed by atoms with E-state index in [1.54, 1.807) is 0 Å². The van der Waals surface area contributed by atoms with Crippen molar-refractivity contribution in [2.75, 3.05) is 13.7 Å². The minimum atomic E-state index is -0.0198. The summed E-state index contributed by atoms with van der Waals surface area (Å²) in [5, 5.41) is 3.69. The lowest BCUT2D eigenvalue weighted by molar-refractivity contribution is -0.0997. The van der Waals surface area contributed by atoms with Crippen LogP contribution < -0.4 is 10.1 Å². The van der Waals surface area contributed by atoms with Crippen LogP contribution in [-0.2, 0) is 4.74 Å². The largest absolute Gasteiger partial charge is 0.490 e. The van der Waals surface area contributed by atoms with E-state index in [2.05, 4.69) is 36.5 Å². The van der Waals surface area contributed by atoms with Gasteiger partial charge in [0.05, 0.1) is 17.7 Å². The minimum Gasteiger partial charge on any atom is -0.490 e. The van der Waals surface area contributed by atoms with Crippen molar-refractivity contribution >= 4 is 0 Å². The third-order valence-corrected chi connectivity index (χ3v) is 4.77. The van der Waals surface area contributed by atoms with Crippen LogP contribution in [0.25, 0.3) is 0 Å². The van der Waals surface area contributed by atoms with Gasteiger partial charge in [-0.2, -0.15) is 0 Å². The Kier molecular flexibility index (Phi) is 4.51. The highest BCUT2D eigenvalue weighted by molar-refractivity contribution is 5.32. The summed E-state index contributed by atoms with van der Waals surface area (Å²) >= 11 is 0. The molecule has 1 unspecified atom stereocenters. The van der Waals surface area contributed by atoms with Crippen molar-refractivity contribution in [1.29, 1.82) is 0 Å². The van der Waals surface area contributed by atoms with Crippen molar-refractivity contribution in [2.24, 2.45) is 0 Å². The third-order valence-electron chi connectivity index (χ3n) is 4.77. The highest BCUT2D eigenvalue weighted by Crippen LogP contribution is 2.45. The van der Waals surface area contributed by atoms with Crippen LogP contribution in [0.2, 0.25) is 0 Å². The lowest BCUT2D eigenvalue weighted by Crippen LogP contribution is -2.50. The lowest BCUT2D eigenvalue weighted by Gasteiger charge is -2.47. The molecule has 2 saturated carbocycles. The van der Waals surface area contributed by atoms with Crippen LogP contribution in [0.4, 0.5) is 0 Å². The molecule has 3 nitrogen and oxygen atoms in total. The molecule has 0 heterocycles. The second kappa shape index (κ2) is 6.37. The predicted molar refractivity (Wildman–Crippen MR) is 84.7 cm³/mol. The van der Waals surface area contributed by atoms with Gasteiger partial charge >= 0.3 is 0 Å². The second-order valence-electron chi connectivity index (χ2n) is 6.40. The average Bonchev–Trinajstić information content (AvgIpc) is 3.27. The predicted octanol–water partition coefficient (Wildman–Crippen LogP) is 3.84. The van der Waals surface area contributed by atoms with E-state index in [0.717, 1.165) is 31.6 Å². The number of hydrogen-bond donors (Lipinski definition) is 1. The summed E-state index contributed by atoms with van der Waals surface area (Å²) in [6.45, 7) is 3.23. The Hall–Kier alpha value is -1.06. The molecule has 0 aliphatic heterocycles. The number of rotatable bonds is 8. The van der Waals surface area contributed by atoms with Gasteiger partial charge in [-0.15, -0.1) is 0 Å². The zero-order chi connectivity index (χ0) is 14.7. The van der Waals surface area contributed by atoms with E-state index in [4.69, 9.17) is 9.47 Å². The van der Waals surface area contributed by atoms with Crippen LogP contribution in [0.5, 0.6) is 5.75 Å². The first-order valence-electron chi connectivity index (χ1n) is 8.32. The molecule has 0 aromatic heterocycles. The smallest absolute Gasteiger partial charge is 0.119 e. The molecule has 0 amide bonds. The first-order valence-corrected chi connectivity index (χ1v) is 8.32. The summed E-state index contributed by atoms with van der Waals surface area (Å²) in [7, 11) is 1.85. The summed E-state index contributed by atoms with van der Waals surface area (Å²) in [4.78, 5) is 0. The topological polar surface area (TPSA) is 30.5 Å². The van der Waals surface area contributed by atoms with Gasteiger partial charge in [-0.1, -0.05) is 19.1 Å². The Bertz CT molecular complexity index is 443. The number of benzene rings is 1. The van der Waals surface area contributed by atoms with Crippen LogP contribution in [0.1, 0.15) is 57.1 Å². The quantitative estimate of drug-likeness (QED) is 0.789. The van der Waals surface area contributed by atoms with Crippen molar-refractivity contribution in [3.63, 3.8) is 0 Å². The lowest BCUT2D eigenvalue weighted by atomic mass is 9.72. The van der Waals surface area contributed by atoms with Crippen molar-refractivity contribution in [1.82, 2.24) is 5.32 Å².